The first-order chi connectivity index (χ1) is 19.9. The number of piperidine rings is 1. The Morgan fingerprint density at radius 3 is 2.60 bits per heavy atom. The molecule has 0 aliphatic carbocycles. The van der Waals surface area contributed by atoms with Crippen LogP contribution in [-0.4, -0.2) is 90.2 Å². The van der Waals surface area contributed by atoms with E-state index in [0.29, 0.717) is 60.4 Å². The van der Waals surface area contributed by atoms with E-state index in [1.807, 2.05) is 6.07 Å². The van der Waals surface area contributed by atoms with Gasteiger partial charge < -0.3 is 10.6 Å². The SMILES string of the molecule is [B]C([B])([B])NCc1ccc(-n2cc(-c3nc(NC4CCN(S(=O)(=O)c5ccn(C)n5)CC4)ncc3C#N)cn2)c(Cl)c1. The molecular formula is C25H24B3ClN10O2S. The summed E-state index contributed by atoms with van der Waals surface area (Å²) in [5.41, 5.74) is 2.70. The normalized spacial score (nSPS) is 15.0. The van der Waals surface area contributed by atoms with E-state index in [1.54, 1.807) is 42.5 Å². The van der Waals surface area contributed by atoms with Crippen molar-refractivity contribution < 1.29 is 8.42 Å². The average Bonchev–Trinajstić information content (AvgIpc) is 3.62. The van der Waals surface area contributed by atoms with Crippen molar-refractivity contribution in [3.63, 3.8) is 0 Å². The largest absolute Gasteiger partial charge is 0.351 e. The van der Waals surface area contributed by atoms with Crippen molar-refractivity contribution in [1.82, 2.24) is 39.2 Å². The van der Waals surface area contributed by atoms with Gasteiger partial charge >= 0.3 is 0 Å². The van der Waals surface area contributed by atoms with Gasteiger partial charge in [-0.15, -0.1) is 0 Å². The first-order valence-electron chi connectivity index (χ1n) is 12.9. The van der Waals surface area contributed by atoms with Gasteiger partial charge in [-0.1, -0.05) is 22.9 Å². The molecule has 1 aromatic carbocycles. The number of rotatable bonds is 9. The molecule has 1 aliphatic heterocycles. The molecule has 0 amide bonds. The van der Waals surface area contributed by atoms with Crippen LogP contribution in [0.1, 0.15) is 24.0 Å². The van der Waals surface area contributed by atoms with E-state index < -0.39 is 15.3 Å². The number of sulfonamides is 1. The standard InChI is InChI=1S/C25H24B3ClN10O2S/c1-37-7-6-22(36-37)42(40,41)38-8-4-19(5-9-38)34-24-31-13-17(11-30)23(35-24)18-14-33-39(15-18)21-3-2-16(10-20(21)29)12-32-25(26,27)28/h2-3,6-7,10,13-15,19,32H,4-5,8-9,12H2,1H3,(H,31,34,35). The summed E-state index contributed by atoms with van der Waals surface area (Å²) >= 11 is 6.52. The van der Waals surface area contributed by atoms with E-state index in [1.165, 1.54) is 21.3 Å². The summed E-state index contributed by atoms with van der Waals surface area (Å²) in [6, 6.07) is 8.93. The minimum absolute atomic E-state index is 0.0344. The summed E-state index contributed by atoms with van der Waals surface area (Å²) in [5, 5.41) is 23.2. The van der Waals surface area contributed by atoms with Crippen molar-refractivity contribution in [2.75, 3.05) is 18.4 Å². The van der Waals surface area contributed by atoms with Gasteiger partial charge in [-0.2, -0.15) is 19.8 Å². The lowest BCUT2D eigenvalue weighted by Crippen LogP contribution is -2.46. The van der Waals surface area contributed by atoms with Crippen LogP contribution in [0, 0.1) is 11.3 Å². The van der Waals surface area contributed by atoms with E-state index in [0.717, 1.165) is 5.56 Å². The fourth-order valence-electron chi connectivity index (χ4n) is 4.52. The summed E-state index contributed by atoms with van der Waals surface area (Å²) in [6.45, 7) is 0.969. The van der Waals surface area contributed by atoms with Crippen molar-refractivity contribution >= 4 is 51.1 Å². The number of nitrogens with zero attached hydrogens (tertiary/aromatic N) is 8. The van der Waals surface area contributed by atoms with Gasteiger partial charge in [0.1, 0.15) is 6.07 Å². The van der Waals surface area contributed by atoms with Crippen molar-refractivity contribution in [2.24, 2.45) is 7.05 Å². The maximum Gasteiger partial charge on any atom is 0.262 e. The third kappa shape index (κ3) is 6.70. The third-order valence-electron chi connectivity index (χ3n) is 6.70. The Kier molecular flexibility index (Phi) is 8.47. The van der Waals surface area contributed by atoms with E-state index in [4.69, 9.17) is 35.1 Å². The van der Waals surface area contributed by atoms with Crippen LogP contribution in [0.5, 0.6) is 0 Å². The number of anilines is 1. The number of aromatic nitrogens is 6. The first kappa shape index (κ1) is 29.8. The van der Waals surface area contributed by atoms with E-state index in [9.17, 15) is 13.7 Å². The Bertz CT molecular complexity index is 1740. The average molecular weight is 596 g/mol. The Labute approximate surface area is 252 Å². The lowest BCUT2D eigenvalue weighted by atomic mass is 9.49. The molecule has 0 spiro atoms. The molecule has 0 bridgehead atoms. The zero-order valence-corrected chi connectivity index (χ0v) is 24.2. The second-order valence-corrected chi connectivity index (χ2v) is 12.3. The number of hydrogen-bond acceptors (Lipinski definition) is 9. The second kappa shape index (κ2) is 11.9. The highest BCUT2D eigenvalue weighted by atomic mass is 35.5. The molecule has 42 heavy (non-hydrogen) atoms. The summed E-state index contributed by atoms with van der Waals surface area (Å²) < 4.78 is 30.3. The Balaban J connectivity index is 1.28. The highest BCUT2D eigenvalue weighted by Crippen LogP contribution is 2.27. The molecule has 5 rings (SSSR count). The van der Waals surface area contributed by atoms with Gasteiger partial charge in [0.15, 0.2) is 5.03 Å². The predicted molar refractivity (Wildman–Crippen MR) is 160 cm³/mol. The molecule has 1 saturated heterocycles. The minimum atomic E-state index is -3.65. The van der Waals surface area contributed by atoms with E-state index >= 15 is 0 Å². The van der Waals surface area contributed by atoms with Crippen molar-refractivity contribution in [3.05, 3.63) is 65.2 Å². The van der Waals surface area contributed by atoms with Crippen LogP contribution >= 0.6 is 11.6 Å². The molecule has 1 fully saturated rings. The summed E-state index contributed by atoms with van der Waals surface area (Å²) in [7, 11) is 14.7. The van der Waals surface area contributed by atoms with Crippen LogP contribution < -0.4 is 10.6 Å². The number of halogens is 1. The minimum Gasteiger partial charge on any atom is -0.351 e. The molecule has 1 aliphatic rings. The van der Waals surface area contributed by atoms with Crippen molar-refractivity contribution in [3.8, 4) is 23.0 Å². The fourth-order valence-corrected chi connectivity index (χ4v) is 6.23. The van der Waals surface area contributed by atoms with Gasteiger partial charge in [0, 0.05) is 50.7 Å². The molecule has 0 atom stereocenters. The number of benzene rings is 1. The van der Waals surface area contributed by atoms with Crippen LogP contribution in [0.15, 0.2) is 54.1 Å². The third-order valence-corrected chi connectivity index (χ3v) is 8.80. The highest BCUT2D eigenvalue weighted by molar-refractivity contribution is 7.89. The summed E-state index contributed by atoms with van der Waals surface area (Å²) in [4.78, 5) is 8.90. The van der Waals surface area contributed by atoms with Gasteiger partial charge in [-0.25, -0.2) is 23.1 Å². The Morgan fingerprint density at radius 2 is 1.95 bits per heavy atom. The Hall–Kier alpha value is -3.64. The maximum atomic E-state index is 12.9. The number of aryl methyl sites for hydroxylation is 1. The Morgan fingerprint density at radius 1 is 1.19 bits per heavy atom. The van der Waals surface area contributed by atoms with Crippen LogP contribution in [-0.2, 0) is 23.6 Å². The summed E-state index contributed by atoms with van der Waals surface area (Å²) in [6.07, 6.45) is 7.46. The highest BCUT2D eigenvalue weighted by Gasteiger charge is 2.31. The molecule has 208 valence electrons. The number of nitriles is 1. The van der Waals surface area contributed by atoms with Gasteiger partial charge in [0.05, 0.1) is 57.9 Å². The van der Waals surface area contributed by atoms with Crippen LogP contribution in [0.2, 0.25) is 5.02 Å². The molecule has 17 heteroatoms. The zero-order valence-electron chi connectivity index (χ0n) is 22.6. The van der Waals surface area contributed by atoms with Crippen LogP contribution in [0.25, 0.3) is 16.9 Å². The fraction of sp³-hybridized carbons (Fsp3) is 0.320. The molecule has 4 heterocycles. The van der Waals surface area contributed by atoms with Crippen LogP contribution in [0.4, 0.5) is 5.95 Å². The smallest absolute Gasteiger partial charge is 0.262 e. The van der Waals surface area contributed by atoms with E-state index in [-0.39, 0.29) is 16.6 Å². The molecular weight excluding hydrogens is 572 g/mol. The lowest BCUT2D eigenvalue weighted by Gasteiger charge is -2.31. The molecule has 4 aromatic rings. The van der Waals surface area contributed by atoms with Gasteiger partial charge in [0.2, 0.25) is 5.95 Å². The zero-order chi connectivity index (χ0) is 30.1. The first-order valence-corrected chi connectivity index (χ1v) is 14.7. The molecule has 6 radical (unpaired) electrons. The molecule has 2 N–H and O–H groups in total. The van der Waals surface area contributed by atoms with Gasteiger partial charge in [-0.3, -0.25) is 4.68 Å². The maximum absolute atomic E-state index is 12.9. The quantitative estimate of drug-likeness (QED) is 0.271. The monoisotopic (exact) mass is 596 g/mol. The van der Waals surface area contributed by atoms with E-state index in [2.05, 4.69) is 36.9 Å². The predicted octanol–water partition coefficient (Wildman–Crippen LogP) is 1.06. The molecule has 0 unspecified atom stereocenters. The van der Waals surface area contributed by atoms with Gasteiger partial charge in [0.25, 0.3) is 10.0 Å². The number of hydrogen-bond donors (Lipinski definition) is 2. The van der Waals surface area contributed by atoms with Crippen LogP contribution in [0.3, 0.4) is 0 Å². The molecule has 3 aromatic heterocycles. The molecule has 12 nitrogen and oxygen atoms in total. The van der Waals surface area contributed by atoms with Gasteiger partial charge in [-0.05, 0) is 36.6 Å². The summed E-state index contributed by atoms with van der Waals surface area (Å²) in [5.74, 6) is 0.327. The second-order valence-electron chi connectivity index (χ2n) is 9.96. The topological polar surface area (TPSA) is 147 Å². The lowest BCUT2D eigenvalue weighted by molar-refractivity contribution is 0.328. The number of nitrogens with one attached hydrogen (secondary N) is 2. The molecule has 0 saturated carbocycles. The van der Waals surface area contributed by atoms with Crippen molar-refractivity contribution in [1.29, 1.82) is 5.26 Å². The van der Waals surface area contributed by atoms with Crippen molar-refractivity contribution in [2.45, 2.75) is 35.7 Å².